The van der Waals surface area contributed by atoms with E-state index in [0.29, 0.717) is 12.5 Å². The van der Waals surface area contributed by atoms with Crippen LogP contribution in [0.25, 0.3) is 0 Å². The Hall–Kier alpha value is -1.02. The van der Waals surface area contributed by atoms with Crippen molar-refractivity contribution < 1.29 is 4.74 Å². The Labute approximate surface area is 104 Å². The first-order chi connectivity index (χ1) is 8.33. The van der Waals surface area contributed by atoms with Crippen LogP contribution in [0.3, 0.4) is 0 Å². The second kappa shape index (κ2) is 6.06. The number of para-hydroxylation sites is 1. The molecule has 2 heteroatoms. The molecule has 0 radical (unpaired) electrons. The summed E-state index contributed by atoms with van der Waals surface area (Å²) in [4.78, 5) is 0. The van der Waals surface area contributed by atoms with Crippen molar-refractivity contribution in [2.75, 3.05) is 6.61 Å². The first-order valence-corrected chi connectivity index (χ1v) is 6.80. The van der Waals surface area contributed by atoms with Gasteiger partial charge in [0.2, 0.25) is 0 Å². The van der Waals surface area contributed by atoms with Gasteiger partial charge in [-0.05, 0) is 31.7 Å². The van der Waals surface area contributed by atoms with Crippen molar-refractivity contribution in [3.8, 4) is 5.75 Å². The molecule has 1 saturated carbocycles. The summed E-state index contributed by atoms with van der Waals surface area (Å²) in [6.07, 6.45) is 6.56. The Morgan fingerprint density at radius 1 is 1.24 bits per heavy atom. The maximum Gasteiger partial charge on any atom is 0.124 e. The van der Waals surface area contributed by atoms with Gasteiger partial charge in [0.15, 0.2) is 0 Å². The van der Waals surface area contributed by atoms with E-state index in [1.807, 2.05) is 19.1 Å². The summed E-state index contributed by atoms with van der Waals surface area (Å²) in [5.41, 5.74) is 7.60. The molecule has 0 unspecified atom stereocenters. The summed E-state index contributed by atoms with van der Waals surface area (Å²) in [6, 6.07) is 8.35. The highest BCUT2D eigenvalue weighted by Gasteiger charge is 2.23. The molecular formula is C15H23NO. The zero-order chi connectivity index (χ0) is 12.1. The maximum absolute atomic E-state index is 6.42. The highest BCUT2D eigenvalue weighted by molar-refractivity contribution is 5.36. The van der Waals surface area contributed by atoms with Gasteiger partial charge in [-0.2, -0.15) is 0 Å². The van der Waals surface area contributed by atoms with Gasteiger partial charge < -0.3 is 10.5 Å². The van der Waals surface area contributed by atoms with Crippen LogP contribution in [0.15, 0.2) is 24.3 Å². The summed E-state index contributed by atoms with van der Waals surface area (Å²) in [5, 5.41) is 0. The molecule has 0 aromatic heterocycles. The third kappa shape index (κ3) is 3.01. The van der Waals surface area contributed by atoms with Crippen LogP contribution in [0, 0.1) is 5.92 Å². The number of benzene rings is 1. The number of rotatable bonds is 4. The Morgan fingerprint density at radius 2 is 1.94 bits per heavy atom. The molecular weight excluding hydrogens is 210 g/mol. The minimum absolute atomic E-state index is 0.137. The molecule has 1 atom stereocenters. The number of hydrogen-bond donors (Lipinski definition) is 1. The molecule has 1 aliphatic rings. The van der Waals surface area contributed by atoms with Crippen molar-refractivity contribution in [1.82, 2.24) is 0 Å². The van der Waals surface area contributed by atoms with E-state index in [9.17, 15) is 0 Å². The lowest BCUT2D eigenvalue weighted by molar-refractivity contribution is 0.292. The van der Waals surface area contributed by atoms with Crippen LogP contribution in [-0.4, -0.2) is 6.61 Å². The second-order valence-corrected chi connectivity index (χ2v) is 4.89. The molecule has 2 rings (SSSR count). The summed E-state index contributed by atoms with van der Waals surface area (Å²) in [6.45, 7) is 2.72. The van der Waals surface area contributed by atoms with Gasteiger partial charge in [0.1, 0.15) is 5.75 Å². The van der Waals surface area contributed by atoms with Crippen molar-refractivity contribution in [3.05, 3.63) is 29.8 Å². The molecule has 2 nitrogen and oxygen atoms in total. The van der Waals surface area contributed by atoms with E-state index in [2.05, 4.69) is 12.1 Å². The lowest BCUT2D eigenvalue weighted by Gasteiger charge is -2.28. The quantitative estimate of drug-likeness (QED) is 0.861. The first kappa shape index (κ1) is 12.4. The molecule has 2 N–H and O–H groups in total. The molecule has 0 saturated heterocycles. The monoisotopic (exact) mass is 233 g/mol. The highest BCUT2D eigenvalue weighted by Crippen LogP contribution is 2.36. The molecule has 0 amide bonds. The predicted octanol–water partition coefficient (Wildman–Crippen LogP) is 3.67. The lowest BCUT2D eigenvalue weighted by atomic mass is 9.81. The predicted molar refractivity (Wildman–Crippen MR) is 71.1 cm³/mol. The van der Waals surface area contributed by atoms with E-state index in [1.54, 1.807) is 0 Å². The average Bonchev–Trinajstić information content (AvgIpc) is 2.40. The Morgan fingerprint density at radius 3 is 2.65 bits per heavy atom. The van der Waals surface area contributed by atoms with Crippen LogP contribution in [0.4, 0.5) is 0 Å². The van der Waals surface area contributed by atoms with Crippen LogP contribution < -0.4 is 10.5 Å². The van der Waals surface area contributed by atoms with E-state index in [-0.39, 0.29) is 6.04 Å². The molecule has 1 aliphatic carbocycles. The van der Waals surface area contributed by atoms with E-state index in [1.165, 1.54) is 37.7 Å². The SMILES string of the molecule is CCOc1ccccc1[C@@H](N)C1CCCCC1. The Balaban J connectivity index is 2.14. The fourth-order valence-electron chi connectivity index (χ4n) is 2.79. The van der Waals surface area contributed by atoms with Crippen molar-refractivity contribution in [1.29, 1.82) is 0 Å². The zero-order valence-corrected chi connectivity index (χ0v) is 10.7. The van der Waals surface area contributed by atoms with E-state index < -0.39 is 0 Å². The van der Waals surface area contributed by atoms with Gasteiger partial charge in [-0.3, -0.25) is 0 Å². The van der Waals surface area contributed by atoms with Crippen molar-refractivity contribution in [2.24, 2.45) is 11.7 Å². The van der Waals surface area contributed by atoms with Crippen LogP contribution in [0.1, 0.15) is 50.6 Å². The lowest BCUT2D eigenvalue weighted by Crippen LogP contribution is -2.24. The molecule has 1 aromatic carbocycles. The van der Waals surface area contributed by atoms with Gasteiger partial charge in [-0.1, -0.05) is 37.5 Å². The molecule has 0 spiro atoms. The fraction of sp³-hybridized carbons (Fsp3) is 0.600. The average molecular weight is 233 g/mol. The van der Waals surface area contributed by atoms with E-state index in [0.717, 1.165) is 5.75 Å². The molecule has 0 bridgehead atoms. The fourth-order valence-corrected chi connectivity index (χ4v) is 2.79. The summed E-state index contributed by atoms with van der Waals surface area (Å²) in [7, 11) is 0. The third-order valence-corrected chi connectivity index (χ3v) is 3.74. The van der Waals surface area contributed by atoms with Crippen molar-refractivity contribution in [3.63, 3.8) is 0 Å². The minimum atomic E-state index is 0.137. The highest BCUT2D eigenvalue weighted by atomic mass is 16.5. The standard InChI is InChI=1S/C15H23NO/c1-2-17-14-11-7-6-10-13(14)15(16)12-8-4-3-5-9-12/h6-7,10-12,15H,2-5,8-9,16H2,1H3/t15-/m0/s1. The molecule has 94 valence electrons. The van der Waals surface area contributed by atoms with Gasteiger partial charge in [-0.25, -0.2) is 0 Å². The second-order valence-electron chi connectivity index (χ2n) is 4.89. The molecule has 0 heterocycles. The Bertz CT molecular complexity index is 345. The normalized spacial score (nSPS) is 18.9. The van der Waals surface area contributed by atoms with Gasteiger partial charge in [0, 0.05) is 11.6 Å². The van der Waals surface area contributed by atoms with Gasteiger partial charge in [0.25, 0.3) is 0 Å². The summed E-state index contributed by atoms with van der Waals surface area (Å²) < 4.78 is 5.67. The first-order valence-electron chi connectivity index (χ1n) is 6.80. The third-order valence-electron chi connectivity index (χ3n) is 3.74. The minimum Gasteiger partial charge on any atom is -0.494 e. The van der Waals surface area contributed by atoms with Crippen molar-refractivity contribution >= 4 is 0 Å². The van der Waals surface area contributed by atoms with Crippen molar-refractivity contribution in [2.45, 2.75) is 45.1 Å². The number of nitrogens with two attached hydrogens (primary N) is 1. The maximum atomic E-state index is 6.42. The van der Waals surface area contributed by atoms with Gasteiger partial charge in [0.05, 0.1) is 6.61 Å². The smallest absolute Gasteiger partial charge is 0.124 e. The Kier molecular flexibility index (Phi) is 4.43. The summed E-state index contributed by atoms with van der Waals surface area (Å²) in [5.74, 6) is 1.60. The van der Waals surface area contributed by atoms with E-state index >= 15 is 0 Å². The van der Waals surface area contributed by atoms with Crippen LogP contribution in [-0.2, 0) is 0 Å². The topological polar surface area (TPSA) is 35.2 Å². The van der Waals surface area contributed by atoms with E-state index in [4.69, 9.17) is 10.5 Å². The van der Waals surface area contributed by atoms with Crippen LogP contribution >= 0.6 is 0 Å². The summed E-state index contributed by atoms with van der Waals surface area (Å²) >= 11 is 0. The molecule has 0 aliphatic heterocycles. The van der Waals surface area contributed by atoms with Gasteiger partial charge in [-0.15, -0.1) is 0 Å². The molecule has 17 heavy (non-hydrogen) atoms. The van der Waals surface area contributed by atoms with Crippen LogP contribution in [0.2, 0.25) is 0 Å². The molecule has 1 fully saturated rings. The molecule has 1 aromatic rings. The van der Waals surface area contributed by atoms with Gasteiger partial charge >= 0.3 is 0 Å². The largest absolute Gasteiger partial charge is 0.494 e. The van der Waals surface area contributed by atoms with Crippen LogP contribution in [0.5, 0.6) is 5.75 Å². The number of ether oxygens (including phenoxy) is 1. The zero-order valence-electron chi connectivity index (χ0n) is 10.7. The number of hydrogen-bond acceptors (Lipinski definition) is 2.